The smallest absolute Gasteiger partial charge is 0.337 e. The molecule has 8 nitrogen and oxygen atoms in total. The lowest BCUT2D eigenvalue weighted by Crippen LogP contribution is -2.14. The molecule has 2 heterocycles. The number of esters is 1. The molecule has 8 heteroatoms. The topological polar surface area (TPSA) is 98.5 Å². The van der Waals surface area contributed by atoms with Crippen LogP contribution in [0.15, 0.2) is 54.6 Å². The molecular weight excluding hydrogens is 406 g/mol. The van der Waals surface area contributed by atoms with E-state index < -0.39 is 11.9 Å². The molecule has 0 radical (unpaired) electrons. The number of aromatic nitrogens is 4. The number of carbonyl (C=O) groups is 2. The maximum Gasteiger partial charge on any atom is 0.337 e. The molecule has 4 rings (SSSR count). The van der Waals surface area contributed by atoms with Crippen LogP contribution >= 0.6 is 0 Å². The third-order valence-electron chi connectivity index (χ3n) is 4.58. The van der Waals surface area contributed by atoms with E-state index >= 15 is 0 Å². The maximum absolute atomic E-state index is 12.6. The van der Waals surface area contributed by atoms with E-state index in [1.807, 2.05) is 26.0 Å². The summed E-state index contributed by atoms with van der Waals surface area (Å²) in [6.07, 6.45) is 0. The fourth-order valence-corrected chi connectivity index (χ4v) is 3.11. The molecule has 0 atom stereocenters. The Kier molecular flexibility index (Phi) is 5.64. The summed E-state index contributed by atoms with van der Waals surface area (Å²) < 4.78 is 6.27. The van der Waals surface area contributed by atoms with Crippen LogP contribution in [-0.4, -0.2) is 38.6 Å². The number of ether oxygens (including phenoxy) is 1. The number of nitrogens with one attached hydrogen (secondary N) is 1. The molecule has 0 bridgehead atoms. The van der Waals surface area contributed by atoms with Crippen molar-refractivity contribution in [2.45, 2.75) is 13.8 Å². The Labute approximate surface area is 184 Å². The Morgan fingerprint density at radius 3 is 2.44 bits per heavy atom. The summed E-state index contributed by atoms with van der Waals surface area (Å²) in [6.45, 7) is 3.74. The van der Waals surface area contributed by atoms with Crippen LogP contribution in [0.2, 0.25) is 0 Å². The van der Waals surface area contributed by atoms with Gasteiger partial charge in [-0.1, -0.05) is 24.0 Å². The third kappa shape index (κ3) is 4.47. The first kappa shape index (κ1) is 20.8. The molecule has 158 valence electrons. The van der Waals surface area contributed by atoms with Gasteiger partial charge < -0.3 is 10.1 Å². The molecule has 1 amide bonds. The lowest BCUT2D eigenvalue weighted by molar-refractivity contribution is 0.0600. The van der Waals surface area contributed by atoms with E-state index in [1.165, 1.54) is 11.6 Å². The van der Waals surface area contributed by atoms with Crippen molar-refractivity contribution in [3.63, 3.8) is 0 Å². The van der Waals surface area contributed by atoms with Crippen LogP contribution < -0.4 is 5.32 Å². The number of hydrogen-bond donors (Lipinski definition) is 1. The number of carbonyl (C=O) groups excluding carboxylic acids is 2. The Bertz CT molecular complexity index is 1410. The van der Waals surface area contributed by atoms with Crippen LogP contribution in [0.5, 0.6) is 0 Å². The van der Waals surface area contributed by atoms with Crippen molar-refractivity contribution in [1.29, 1.82) is 0 Å². The van der Waals surface area contributed by atoms with Gasteiger partial charge >= 0.3 is 5.97 Å². The highest BCUT2D eigenvalue weighted by Crippen LogP contribution is 2.13. The minimum absolute atomic E-state index is 0.0299. The monoisotopic (exact) mass is 425 g/mol. The zero-order valence-corrected chi connectivity index (χ0v) is 17.7. The number of methoxy groups -OCH3 is 1. The van der Waals surface area contributed by atoms with Crippen LogP contribution in [0.4, 0.5) is 5.69 Å². The number of nitrogens with zero attached hydrogens (tertiary/aromatic N) is 4. The number of aryl methyl sites for hydroxylation is 2. The minimum atomic E-state index is -0.441. The molecule has 0 saturated heterocycles. The lowest BCUT2D eigenvalue weighted by Gasteiger charge is -2.03. The molecule has 2 aromatic carbocycles. The highest BCUT2D eigenvalue weighted by atomic mass is 16.5. The number of anilines is 1. The first-order chi connectivity index (χ1) is 15.4. The summed E-state index contributed by atoms with van der Waals surface area (Å²) in [5, 5.41) is 7.03. The molecule has 0 aliphatic rings. The number of benzene rings is 2. The molecule has 2 aromatic heterocycles. The molecule has 0 saturated carbocycles. The average Bonchev–Trinajstić information content (AvgIpc) is 3.22. The number of hydrogen-bond acceptors (Lipinski definition) is 6. The molecule has 4 aromatic rings. The van der Waals surface area contributed by atoms with Crippen molar-refractivity contribution < 1.29 is 14.3 Å². The lowest BCUT2D eigenvalue weighted by atomic mass is 10.1. The first-order valence-electron chi connectivity index (χ1n) is 9.76. The second kappa shape index (κ2) is 8.70. The van der Waals surface area contributed by atoms with Gasteiger partial charge in [-0.25, -0.2) is 14.3 Å². The van der Waals surface area contributed by atoms with E-state index in [-0.39, 0.29) is 5.82 Å². The van der Waals surface area contributed by atoms with Crippen molar-refractivity contribution in [2.24, 2.45) is 0 Å². The number of rotatable bonds is 3. The van der Waals surface area contributed by atoms with E-state index in [1.54, 1.807) is 42.5 Å². The van der Waals surface area contributed by atoms with E-state index in [2.05, 4.69) is 32.2 Å². The Morgan fingerprint density at radius 2 is 1.69 bits per heavy atom. The highest BCUT2D eigenvalue weighted by molar-refractivity contribution is 6.01. The zero-order chi connectivity index (χ0) is 22.7. The zero-order valence-electron chi connectivity index (χ0n) is 17.7. The maximum atomic E-state index is 12.6. The van der Waals surface area contributed by atoms with Crippen LogP contribution in [0.25, 0.3) is 5.78 Å². The van der Waals surface area contributed by atoms with Gasteiger partial charge in [0, 0.05) is 28.2 Å². The van der Waals surface area contributed by atoms with Crippen molar-refractivity contribution >= 4 is 23.3 Å². The van der Waals surface area contributed by atoms with Gasteiger partial charge in [0.25, 0.3) is 11.7 Å². The first-order valence-corrected chi connectivity index (χ1v) is 9.76. The Hall–Kier alpha value is -4.51. The van der Waals surface area contributed by atoms with E-state index in [4.69, 9.17) is 4.74 Å². The van der Waals surface area contributed by atoms with Gasteiger partial charge in [-0.15, -0.1) is 5.10 Å². The number of fused-ring (bicyclic) bond motifs is 1. The summed E-state index contributed by atoms with van der Waals surface area (Å²) in [5.74, 6) is 5.60. The molecule has 0 aliphatic heterocycles. The SMILES string of the molecule is COC(=O)c1cccc(C#Cc2cccc(NC(=O)c3nc4nc(C)cc(C)n4n3)c2)c1. The van der Waals surface area contributed by atoms with Crippen molar-refractivity contribution in [3.05, 3.63) is 88.5 Å². The minimum Gasteiger partial charge on any atom is -0.465 e. The molecule has 1 N–H and O–H groups in total. The fourth-order valence-electron chi connectivity index (χ4n) is 3.11. The number of amides is 1. The highest BCUT2D eigenvalue weighted by Gasteiger charge is 2.15. The predicted molar refractivity (Wildman–Crippen MR) is 118 cm³/mol. The summed E-state index contributed by atoms with van der Waals surface area (Å²) in [4.78, 5) is 32.8. The van der Waals surface area contributed by atoms with Gasteiger partial charge in [0.15, 0.2) is 0 Å². The van der Waals surface area contributed by atoms with Gasteiger partial charge in [-0.05, 0) is 56.3 Å². The van der Waals surface area contributed by atoms with Crippen molar-refractivity contribution in [3.8, 4) is 11.8 Å². The summed E-state index contributed by atoms with van der Waals surface area (Å²) in [7, 11) is 1.33. The Morgan fingerprint density at radius 1 is 0.969 bits per heavy atom. The largest absolute Gasteiger partial charge is 0.465 e. The average molecular weight is 425 g/mol. The van der Waals surface area contributed by atoms with Gasteiger partial charge in [0.2, 0.25) is 5.82 Å². The normalized spacial score (nSPS) is 10.3. The second-order valence-corrected chi connectivity index (χ2v) is 7.04. The van der Waals surface area contributed by atoms with E-state index in [0.717, 1.165) is 11.4 Å². The fraction of sp³-hybridized carbons (Fsp3) is 0.125. The Balaban J connectivity index is 1.53. The van der Waals surface area contributed by atoms with Crippen LogP contribution in [0.3, 0.4) is 0 Å². The molecule has 0 spiro atoms. The van der Waals surface area contributed by atoms with Crippen LogP contribution in [0.1, 0.15) is 43.5 Å². The standard InChI is InChI=1S/C24H19N5O3/c1-15-12-16(2)29-24(25-15)27-21(28-29)22(30)26-20-9-5-7-18(14-20)11-10-17-6-4-8-19(13-17)23(31)32-3/h4-9,12-14H,1-3H3,(H,26,30). The molecule has 0 fully saturated rings. The van der Waals surface area contributed by atoms with Crippen molar-refractivity contribution in [2.75, 3.05) is 12.4 Å². The molecule has 0 aliphatic carbocycles. The van der Waals surface area contributed by atoms with E-state index in [0.29, 0.717) is 28.2 Å². The van der Waals surface area contributed by atoms with Gasteiger partial charge in [-0.3, -0.25) is 4.79 Å². The molecule has 0 unspecified atom stereocenters. The van der Waals surface area contributed by atoms with Crippen LogP contribution in [0, 0.1) is 25.7 Å². The third-order valence-corrected chi connectivity index (χ3v) is 4.58. The second-order valence-electron chi connectivity index (χ2n) is 7.04. The molecular formula is C24H19N5O3. The van der Waals surface area contributed by atoms with Gasteiger partial charge in [0.1, 0.15) is 0 Å². The predicted octanol–water partition coefficient (Wildman–Crippen LogP) is 3.18. The molecule has 32 heavy (non-hydrogen) atoms. The van der Waals surface area contributed by atoms with Gasteiger partial charge in [-0.2, -0.15) is 4.98 Å². The van der Waals surface area contributed by atoms with Crippen molar-refractivity contribution in [1.82, 2.24) is 19.6 Å². The van der Waals surface area contributed by atoms with Crippen LogP contribution in [-0.2, 0) is 4.74 Å². The summed E-state index contributed by atoms with van der Waals surface area (Å²) >= 11 is 0. The summed E-state index contributed by atoms with van der Waals surface area (Å²) in [5.41, 5.74) is 4.01. The quantitative estimate of drug-likeness (QED) is 0.400. The van der Waals surface area contributed by atoms with E-state index in [9.17, 15) is 9.59 Å². The summed E-state index contributed by atoms with van der Waals surface area (Å²) in [6, 6.07) is 15.9. The van der Waals surface area contributed by atoms with Gasteiger partial charge in [0.05, 0.1) is 12.7 Å².